The fraction of sp³-hybridized carbons (Fsp3) is 0.524. The first-order valence-corrected chi connectivity index (χ1v) is 12.0. The van der Waals surface area contributed by atoms with Crippen LogP contribution in [0, 0.1) is 5.82 Å². The molecule has 1 aromatic heterocycles. The summed E-state index contributed by atoms with van der Waals surface area (Å²) < 4.78 is 46.3. The van der Waals surface area contributed by atoms with Crippen molar-refractivity contribution in [2.24, 2.45) is 0 Å². The fourth-order valence-electron chi connectivity index (χ4n) is 4.23. The zero-order valence-electron chi connectivity index (χ0n) is 17.9. The molecule has 10 heteroatoms. The summed E-state index contributed by atoms with van der Waals surface area (Å²) in [5, 5.41) is 8.81. The van der Waals surface area contributed by atoms with Crippen LogP contribution in [0.5, 0.6) is 5.75 Å². The van der Waals surface area contributed by atoms with Crippen LogP contribution in [0.4, 0.5) is 16.0 Å². The number of halogens is 1. The van der Waals surface area contributed by atoms with Crippen molar-refractivity contribution in [1.82, 2.24) is 14.5 Å². The van der Waals surface area contributed by atoms with Crippen molar-refractivity contribution in [2.75, 3.05) is 49.6 Å². The smallest absolute Gasteiger partial charge is 0.246 e. The van der Waals surface area contributed by atoms with Crippen molar-refractivity contribution >= 4 is 21.7 Å². The number of piperidine rings is 1. The summed E-state index contributed by atoms with van der Waals surface area (Å²) in [6.07, 6.45) is 3.58. The summed E-state index contributed by atoms with van der Waals surface area (Å²) in [4.78, 5) is 4.16. The highest BCUT2D eigenvalue weighted by Crippen LogP contribution is 2.29. The molecule has 0 amide bonds. The molecule has 2 fully saturated rings. The summed E-state index contributed by atoms with van der Waals surface area (Å²) in [6.45, 7) is 4.70. The van der Waals surface area contributed by atoms with Gasteiger partial charge in [-0.3, -0.25) is 0 Å². The molecule has 0 radical (unpaired) electrons. The Bertz CT molecular complexity index is 1010. The summed E-state index contributed by atoms with van der Waals surface area (Å²) >= 11 is 0. The lowest BCUT2D eigenvalue weighted by molar-refractivity contribution is 0.372. The number of hydrogen-bond donors (Lipinski definition) is 0. The minimum atomic E-state index is -3.86. The maximum atomic E-state index is 13.7. The number of hydrogen-bond acceptors (Lipinski definition) is 7. The molecule has 0 N–H and O–H groups in total. The Morgan fingerprint density at radius 3 is 2.35 bits per heavy atom. The van der Waals surface area contributed by atoms with Crippen LogP contribution in [-0.4, -0.2) is 68.8 Å². The van der Waals surface area contributed by atoms with Gasteiger partial charge in [-0.2, -0.15) is 4.31 Å². The van der Waals surface area contributed by atoms with E-state index >= 15 is 0 Å². The highest BCUT2D eigenvalue weighted by atomic mass is 32.2. The second-order valence-corrected chi connectivity index (χ2v) is 9.88. The zero-order chi connectivity index (χ0) is 22.0. The van der Waals surface area contributed by atoms with Crippen molar-refractivity contribution in [3.05, 3.63) is 36.1 Å². The Morgan fingerprint density at radius 1 is 1.00 bits per heavy atom. The van der Waals surface area contributed by atoms with Gasteiger partial charge in [-0.25, -0.2) is 12.8 Å². The van der Waals surface area contributed by atoms with Crippen molar-refractivity contribution in [1.29, 1.82) is 0 Å². The molecule has 2 saturated heterocycles. The van der Waals surface area contributed by atoms with Gasteiger partial charge in [0.2, 0.25) is 10.0 Å². The summed E-state index contributed by atoms with van der Waals surface area (Å²) in [5.74, 6) is 1.14. The predicted octanol–water partition coefficient (Wildman–Crippen LogP) is 2.51. The second-order valence-electron chi connectivity index (χ2n) is 7.97. The first kappa shape index (κ1) is 21.8. The van der Waals surface area contributed by atoms with Crippen molar-refractivity contribution in [3.8, 4) is 5.75 Å². The van der Waals surface area contributed by atoms with Crippen LogP contribution in [0.1, 0.15) is 26.2 Å². The van der Waals surface area contributed by atoms with Crippen LogP contribution in [-0.2, 0) is 10.0 Å². The Morgan fingerprint density at radius 2 is 1.71 bits per heavy atom. The number of methoxy groups -OCH3 is 1. The molecule has 2 aromatic rings. The largest absolute Gasteiger partial charge is 0.495 e. The molecule has 0 bridgehead atoms. The molecule has 1 atom stereocenters. The molecule has 0 saturated carbocycles. The van der Waals surface area contributed by atoms with Gasteiger partial charge in [0.25, 0.3) is 0 Å². The lowest BCUT2D eigenvalue weighted by atomic mass is 10.0. The molecule has 168 valence electrons. The van der Waals surface area contributed by atoms with Crippen LogP contribution in [0.2, 0.25) is 0 Å². The van der Waals surface area contributed by atoms with Gasteiger partial charge in [-0.1, -0.05) is 0 Å². The molecule has 2 aliphatic heterocycles. The number of piperazine rings is 1. The highest BCUT2D eigenvalue weighted by molar-refractivity contribution is 7.89. The molecule has 31 heavy (non-hydrogen) atoms. The molecule has 0 aliphatic carbocycles. The number of sulfonamides is 1. The third-order valence-corrected chi connectivity index (χ3v) is 7.96. The fourth-order valence-corrected chi connectivity index (χ4v) is 5.82. The van der Waals surface area contributed by atoms with E-state index in [0.29, 0.717) is 19.1 Å². The van der Waals surface area contributed by atoms with E-state index in [-0.39, 0.29) is 23.7 Å². The molecule has 0 spiro atoms. The Kier molecular flexibility index (Phi) is 6.29. The highest BCUT2D eigenvalue weighted by Gasteiger charge is 2.32. The molecule has 1 aromatic carbocycles. The van der Waals surface area contributed by atoms with Crippen LogP contribution < -0.4 is 14.5 Å². The normalized spacial score (nSPS) is 20.7. The molecule has 8 nitrogen and oxygen atoms in total. The minimum absolute atomic E-state index is 0.136. The predicted molar refractivity (Wildman–Crippen MR) is 117 cm³/mol. The number of aromatic nitrogens is 2. The Labute approximate surface area is 182 Å². The average Bonchev–Trinajstić information content (AvgIpc) is 2.79. The lowest BCUT2D eigenvalue weighted by Crippen LogP contribution is -2.49. The van der Waals surface area contributed by atoms with Gasteiger partial charge < -0.3 is 14.5 Å². The zero-order valence-corrected chi connectivity index (χ0v) is 18.7. The minimum Gasteiger partial charge on any atom is -0.495 e. The lowest BCUT2D eigenvalue weighted by Gasteiger charge is -2.36. The summed E-state index contributed by atoms with van der Waals surface area (Å²) in [7, 11) is -2.49. The van der Waals surface area contributed by atoms with Gasteiger partial charge in [0, 0.05) is 38.8 Å². The maximum Gasteiger partial charge on any atom is 0.246 e. The van der Waals surface area contributed by atoms with Gasteiger partial charge in [0.05, 0.1) is 7.11 Å². The number of ether oxygens (including phenoxy) is 1. The van der Waals surface area contributed by atoms with Gasteiger partial charge >= 0.3 is 0 Å². The third kappa shape index (κ3) is 4.45. The van der Waals surface area contributed by atoms with Crippen LogP contribution in [0.25, 0.3) is 0 Å². The first-order chi connectivity index (χ1) is 14.9. The van der Waals surface area contributed by atoms with Crippen LogP contribution in [0.15, 0.2) is 35.2 Å². The van der Waals surface area contributed by atoms with E-state index in [1.54, 1.807) is 0 Å². The van der Waals surface area contributed by atoms with E-state index in [9.17, 15) is 12.8 Å². The maximum absolute atomic E-state index is 13.7. The monoisotopic (exact) mass is 449 g/mol. The second kappa shape index (κ2) is 8.96. The summed E-state index contributed by atoms with van der Waals surface area (Å²) in [5.41, 5.74) is 0. The molecule has 3 heterocycles. The molecule has 2 aliphatic rings. The first-order valence-electron chi connectivity index (χ1n) is 10.6. The van der Waals surface area contributed by atoms with Gasteiger partial charge in [0.1, 0.15) is 16.5 Å². The van der Waals surface area contributed by atoms with Crippen LogP contribution >= 0.6 is 0 Å². The SMILES string of the molecule is COc1ccc(F)cc1S(=O)(=O)N1CCN(c2ccc(N3CCCCC3C)nn2)CC1. The number of benzene rings is 1. The van der Waals surface area contributed by atoms with E-state index in [1.807, 2.05) is 17.0 Å². The van der Waals surface area contributed by atoms with Crippen LogP contribution in [0.3, 0.4) is 0 Å². The Hall–Kier alpha value is -2.46. The molecular weight excluding hydrogens is 421 g/mol. The van der Waals surface area contributed by atoms with Crippen molar-refractivity contribution in [2.45, 2.75) is 37.1 Å². The quantitative estimate of drug-likeness (QED) is 0.694. The van der Waals surface area contributed by atoms with E-state index in [2.05, 4.69) is 22.0 Å². The molecule has 1 unspecified atom stereocenters. The topological polar surface area (TPSA) is 78.9 Å². The van der Waals surface area contributed by atoms with Gasteiger partial charge in [-0.05, 0) is 56.5 Å². The van der Waals surface area contributed by atoms with Crippen molar-refractivity contribution in [3.63, 3.8) is 0 Å². The third-order valence-electron chi connectivity index (χ3n) is 6.04. The standard InChI is InChI=1S/C21H28FN5O3S/c1-16-5-3-4-10-27(16)21-9-8-20(23-24-21)25-11-13-26(14-12-25)31(28,29)19-15-17(22)6-7-18(19)30-2/h6-9,15-16H,3-5,10-14H2,1-2H3. The Balaban J connectivity index is 1.43. The van der Waals surface area contributed by atoms with E-state index in [4.69, 9.17) is 4.74 Å². The molecule has 4 rings (SSSR count). The molecular formula is C21H28FN5O3S. The number of anilines is 2. The van der Waals surface area contributed by atoms with Crippen molar-refractivity contribution < 1.29 is 17.5 Å². The van der Waals surface area contributed by atoms with E-state index in [1.165, 1.54) is 36.4 Å². The van der Waals surface area contributed by atoms with Gasteiger partial charge in [-0.15, -0.1) is 10.2 Å². The van der Waals surface area contributed by atoms with E-state index < -0.39 is 15.8 Å². The van der Waals surface area contributed by atoms with E-state index in [0.717, 1.165) is 30.7 Å². The van der Waals surface area contributed by atoms with Gasteiger partial charge in [0.15, 0.2) is 11.6 Å². The average molecular weight is 450 g/mol. The summed E-state index contributed by atoms with van der Waals surface area (Å²) in [6, 6.07) is 7.92. The number of rotatable bonds is 5. The number of nitrogens with zero attached hydrogens (tertiary/aromatic N) is 5.